The molecular weight excluding hydrogens is 142 g/mol. The molecule has 2 heteroatoms. The van der Waals surface area contributed by atoms with Crippen molar-refractivity contribution in [2.75, 3.05) is 6.54 Å². The van der Waals surface area contributed by atoms with Gasteiger partial charge in [0.05, 0.1) is 0 Å². The third-order valence-electron chi connectivity index (χ3n) is 1.95. The molecule has 1 atom stereocenters. The fourth-order valence-corrected chi connectivity index (χ4v) is 2.25. The molecule has 0 saturated carbocycles. The van der Waals surface area contributed by atoms with Crippen molar-refractivity contribution in [3.8, 4) is 0 Å². The van der Waals surface area contributed by atoms with Gasteiger partial charge in [0.25, 0.3) is 0 Å². The minimum absolute atomic E-state index is 0.667. The van der Waals surface area contributed by atoms with Crippen LogP contribution in [0.25, 0.3) is 0 Å². The average Bonchev–Trinajstić information content (AvgIpc) is 2.59. The van der Waals surface area contributed by atoms with Crippen molar-refractivity contribution in [1.29, 1.82) is 0 Å². The molecule has 1 aliphatic rings. The van der Waals surface area contributed by atoms with Crippen LogP contribution in [0.3, 0.4) is 0 Å². The molecule has 0 aromatic carbocycles. The van der Waals surface area contributed by atoms with Gasteiger partial charge in [-0.15, -0.1) is 11.3 Å². The number of thiophene rings is 1. The van der Waals surface area contributed by atoms with Crippen LogP contribution in [0.5, 0.6) is 0 Å². The molecule has 0 radical (unpaired) electrons. The van der Waals surface area contributed by atoms with Crippen molar-refractivity contribution < 1.29 is 0 Å². The van der Waals surface area contributed by atoms with Gasteiger partial charge in [0, 0.05) is 10.9 Å². The summed E-state index contributed by atoms with van der Waals surface area (Å²) < 4.78 is 0. The van der Waals surface area contributed by atoms with Gasteiger partial charge in [-0.25, -0.2) is 0 Å². The Balaban J connectivity index is 2.12. The summed E-state index contributed by atoms with van der Waals surface area (Å²) in [5.74, 6) is 0. The lowest BCUT2D eigenvalue weighted by molar-refractivity contribution is 0.660. The topological polar surface area (TPSA) is 12.0 Å². The van der Waals surface area contributed by atoms with E-state index in [1.54, 1.807) is 0 Å². The van der Waals surface area contributed by atoms with Crippen LogP contribution in [0.1, 0.15) is 23.8 Å². The Labute approximate surface area is 65.1 Å². The lowest BCUT2D eigenvalue weighted by Crippen LogP contribution is -2.11. The molecule has 0 bridgehead atoms. The van der Waals surface area contributed by atoms with Crippen molar-refractivity contribution in [3.63, 3.8) is 0 Å². The number of rotatable bonds is 1. The first-order valence-electron chi connectivity index (χ1n) is 3.73. The van der Waals surface area contributed by atoms with Crippen LogP contribution in [0.15, 0.2) is 17.5 Å². The summed E-state index contributed by atoms with van der Waals surface area (Å²) in [6.07, 6.45) is 2.66. The molecule has 1 saturated heterocycles. The predicted molar refractivity (Wildman–Crippen MR) is 44.3 cm³/mol. The molecule has 2 heterocycles. The van der Waals surface area contributed by atoms with Gasteiger partial charge < -0.3 is 5.32 Å². The van der Waals surface area contributed by atoms with Crippen molar-refractivity contribution in [2.24, 2.45) is 0 Å². The van der Waals surface area contributed by atoms with Crippen LogP contribution in [-0.2, 0) is 0 Å². The Morgan fingerprint density at radius 1 is 1.60 bits per heavy atom. The normalized spacial score (nSPS) is 25.4. The molecule has 54 valence electrons. The molecule has 0 spiro atoms. The van der Waals surface area contributed by atoms with E-state index in [0.29, 0.717) is 6.04 Å². The summed E-state index contributed by atoms with van der Waals surface area (Å²) in [5.41, 5.74) is 0. The largest absolute Gasteiger partial charge is 0.309 e. The lowest BCUT2D eigenvalue weighted by atomic mass is 10.2. The Morgan fingerprint density at radius 2 is 2.60 bits per heavy atom. The highest BCUT2D eigenvalue weighted by Gasteiger charge is 2.15. The molecular formula is C8H11NS. The van der Waals surface area contributed by atoms with Crippen molar-refractivity contribution in [1.82, 2.24) is 5.32 Å². The standard InChI is InChI=1S/C8H11NS/c1-3-7(9-5-1)8-4-2-6-10-8/h2,4,6-7,9H,1,3,5H2. The zero-order valence-corrected chi connectivity index (χ0v) is 6.66. The first-order valence-corrected chi connectivity index (χ1v) is 4.61. The summed E-state index contributed by atoms with van der Waals surface area (Å²) in [7, 11) is 0. The molecule has 1 unspecified atom stereocenters. The quantitative estimate of drug-likeness (QED) is 0.652. The van der Waals surface area contributed by atoms with E-state index in [9.17, 15) is 0 Å². The van der Waals surface area contributed by atoms with Gasteiger partial charge in [0.1, 0.15) is 0 Å². The first-order chi connectivity index (χ1) is 4.97. The third kappa shape index (κ3) is 1.09. The monoisotopic (exact) mass is 153 g/mol. The van der Waals surface area contributed by atoms with Crippen LogP contribution >= 0.6 is 11.3 Å². The van der Waals surface area contributed by atoms with Crippen molar-refractivity contribution in [2.45, 2.75) is 18.9 Å². The molecule has 10 heavy (non-hydrogen) atoms. The summed E-state index contributed by atoms with van der Waals surface area (Å²) in [5, 5.41) is 5.62. The van der Waals surface area contributed by atoms with E-state index in [4.69, 9.17) is 0 Å². The van der Waals surface area contributed by atoms with E-state index in [1.807, 2.05) is 11.3 Å². The maximum atomic E-state index is 3.47. The Hall–Kier alpha value is -0.340. The number of hydrogen-bond acceptors (Lipinski definition) is 2. The highest BCUT2D eigenvalue weighted by atomic mass is 32.1. The summed E-state index contributed by atoms with van der Waals surface area (Å²) in [6.45, 7) is 1.20. The first kappa shape index (κ1) is 6.38. The van der Waals surface area contributed by atoms with Crippen LogP contribution < -0.4 is 5.32 Å². The highest BCUT2D eigenvalue weighted by molar-refractivity contribution is 7.10. The van der Waals surface area contributed by atoms with Crippen LogP contribution in [0.2, 0.25) is 0 Å². The second-order valence-corrected chi connectivity index (χ2v) is 3.64. The summed E-state index contributed by atoms with van der Waals surface area (Å²) in [4.78, 5) is 1.50. The van der Waals surface area contributed by atoms with E-state index >= 15 is 0 Å². The van der Waals surface area contributed by atoms with Crippen LogP contribution in [0, 0.1) is 0 Å². The maximum absolute atomic E-state index is 3.47. The maximum Gasteiger partial charge on any atom is 0.0415 e. The molecule has 1 aromatic rings. The fourth-order valence-electron chi connectivity index (χ4n) is 1.42. The van der Waals surface area contributed by atoms with E-state index in [0.717, 1.165) is 0 Å². The van der Waals surface area contributed by atoms with Gasteiger partial charge >= 0.3 is 0 Å². The number of nitrogens with one attached hydrogen (secondary N) is 1. The molecule has 1 nitrogen and oxygen atoms in total. The second-order valence-electron chi connectivity index (χ2n) is 2.66. The van der Waals surface area contributed by atoms with Crippen molar-refractivity contribution in [3.05, 3.63) is 22.4 Å². The van der Waals surface area contributed by atoms with E-state index < -0.39 is 0 Å². The Morgan fingerprint density at radius 3 is 3.20 bits per heavy atom. The second kappa shape index (κ2) is 2.72. The molecule has 0 aliphatic carbocycles. The predicted octanol–water partition coefficient (Wildman–Crippen LogP) is 2.17. The molecule has 2 rings (SSSR count). The van der Waals surface area contributed by atoms with Gasteiger partial charge in [-0.3, -0.25) is 0 Å². The highest BCUT2D eigenvalue weighted by Crippen LogP contribution is 2.26. The molecule has 1 aromatic heterocycles. The van der Waals surface area contributed by atoms with E-state index in [-0.39, 0.29) is 0 Å². The average molecular weight is 153 g/mol. The molecule has 1 fully saturated rings. The zero-order valence-electron chi connectivity index (χ0n) is 5.84. The van der Waals surface area contributed by atoms with Gasteiger partial charge in [-0.2, -0.15) is 0 Å². The Bertz CT molecular complexity index is 187. The van der Waals surface area contributed by atoms with Gasteiger partial charge in [-0.1, -0.05) is 6.07 Å². The fraction of sp³-hybridized carbons (Fsp3) is 0.500. The Kier molecular flexibility index (Phi) is 1.74. The van der Waals surface area contributed by atoms with E-state index in [1.165, 1.54) is 24.3 Å². The minimum Gasteiger partial charge on any atom is -0.309 e. The smallest absolute Gasteiger partial charge is 0.0415 e. The summed E-state index contributed by atoms with van der Waals surface area (Å²) >= 11 is 1.86. The lowest BCUT2D eigenvalue weighted by Gasteiger charge is -2.04. The van der Waals surface area contributed by atoms with Crippen molar-refractivity contribution >= 4 is 11.3 Å². The van der Waals surface area contributed by atoms with E-state index in [2.05, 4.69) is 22.8 Å². The minimum atomic E-state index is 0.667. The molecule has 0 amide bonds. The zero-order chi connectivity index (χ0) is 6.81. The van der Waals surface area contributed by atoms with Crippen LogP contribution in [-0.4, -0.2) is 6.54 Å². The SMILES string of the molecule is c1csc(C2CCCN2)c1. The van der Waals surface area contributed by atoms with Crippen LogP contribution in [0.4, 0.5) is 0 Å². The molecule has 1 N–H and O–H groups in total. The van der Waals surface area contributed by atoms with Gasteiger partial charge in [-0.05, 0) is 30.8 Å². The summed E-state index contributed by atoms with van der Waals surface area (Å²) in [6, 6.07) is 5.01. The van der Waals surface area contributed by atoms with Gasteiger partial charge in [0.15, 0.2) is 0 Å². The molecule has 1 aliphatic heterocycles. The van der Waals surface area contributed by atoms with Gasteiger partial charge in [0.2, 0.25) is 0 Å². The number of hydrogen-bond donors (Lipinski definition) is 1. The third-order valence-corrected chi connectivity index (χ3v) is 2.93.